The molecule has 0 saturated heterocycles. The SMILES string of the molecule is CN(Cc1ccoc1)C(=O)c1cc(N)cc(S(C)(=O)=O)c1. The Labute approximate surface area is 123 Å². The number of carbonyl (C=O) groups excluding carboxylic acids is 1. The summed E-state index contributed by atoms with van der Waals surface area (Å²) in [5, 5.41) is 0. The van der Waals surface area contributed by atoms with Crippen LogP contribution >= 0.6 is 0 Å². The van der Waals surface area contributed by atoms with Gasteiger partial charge in [0.25, 0.3) is 5.91 Å². The lowest BCUT2D eigenvalue weighted by Gasteiger charge is -2.17. The van der Waals surface area contributed by atoms with Crippen LogP contribution in [0, 0.1) is 0 Å². The average Bonchev–Trinajstić information content (AvgIpc) is 2.88. The largest absolute Gasteiger partial charge is 0.472 e. The number of nitrogen functional groups attached to an aromatic ring is 1. The molecule has 1 amide bonds. The first-order valence-electron chi connectivity index (χ1n) is 6.14. The lowest BCUT2D eigenvalue weighted by atomic mass is 10.1. The second-order valence-electron chi connectivity index (χ2n) is 4.86. The molecule has 1 aromatic carbocycles. The summed E-state index contributed by atoms with van der Waals surface area (Å²) in [6, 6.07) is 5.88. The molecule has 0 aliphatic carbocycles. The van der Waals surface area contributed by atoms with Gasteiger partial charge >= 0.3 is 0 Å². The van der Waals surface area contributed by atoms with Gasteiger partial charge in [0.15, 0.2) is 9.84 Å². The molecule has 0 spiro atoms. The number of hydrogen-bond donors (Lipinski definition) is 1. The van der Waals surface area contributed by atoms with E-state index in [4.69, 9.17) is 10.2 Å². The van der Waals surface area contributed by atoms with Gasteiger partial charge in [0.1, 0.15) is 0 Å². The maximum absolute atomic E-state index is 12.3. The molecule has 112 valence electrons. The molecule has 0 radical (unpaired) electrons. The van der Waals surface area contributed by atoms with Gasteiger partial charge in [-0.2, -0.15) is 0 Å². The van der Waals surface area contributed by atoms with E-state index in [1.165, 1.54) is 29.4 Å². The van der Waals surface area contributed by atoms with Gasteiger partial charge in [0, 0.05) is 36.7 Å². The quantitative estimate of drug-likeness (QED) is 0.865. The van der Waals surface area contributed by atoms with E-state index in [-0.39, 0.29) is 22.1 Å². The van der Waals surface area contributed by atoms with Crippen LogP contribution in [0.15, 0.2) is 46.1 Å². The van der Waals surface area contributed by atoms with Crippen LogP contribution in [0.4, 0.5) is 5.69 Å². The molecule has 0 atom stereocenters. The van der Waals surface area contributed by atoms with E-state index < -0.39 is 9.84 Å². The van der Waals surface area contributed by atoms with Crippen molar-refractivity contribution in [2.45, 2.75) is 11.4 Å². The van der Waals surface area contributed by atoms with E-state index in [1.54, 1.807) is 19.4 Å². The highest BCUT2D eigenvalue weighted by atomic mass is 32.2. The maximum Gasteiger partial charge on any atom is 0.254 e. The molecule has 0 fully saturated rings. The zero-order valence-electron chi connectivity index (χ0n) is 11.7. The molecule has 6 nitrogen and oxygen atoms in total. The minimum absolute atomic E-state index is 0.0301. The van der Waals surface area contributed by atoms with Crippen molar-refractivity contribution in [3.8, 4) is 0 Å². The Balaban J connectivity index is 2.28. The number of anilines is 1. The highest BCUT2D eigenvalue weighted by Crippen LogP contribution is 2.18. The van der Waals surface area contributed by atoms with E-state index >= 15 is 0 Å². The zero-order chi connectivity index (χ0) is 15.6. The Morgan fingerprint density at radius 3 is 2.62 bits per heavy atom. The average molecular weight is 308 g/mol. The van der Waals surface area contributed by atoms with Crippen LogP contribution in [-0.2, 0) is 16.4 Å². The third-order valence-corrected chi connectivity index (χ3v) is 4.04. The topological polar surface area (TPSA) is 93.6 Å². The minimum Gasteiger partial charge on any atom is -0.472 e. The van der Waals surface area contributed by atoms with Gasteiger partial charge in [-0.05, 0) is 24.3 Å². The van der Waals surface area contributed by atoms with Crippen molar-refractivity contribution in [1.82, 2.24) is 4.90 Å². The van der Waals surface area contributed by atoms with Crippen LogP contribution in [0.2, 0.25) is 0 Å². The molecule has 1 heterocycles. The standard InChI is InChI=1S/C14H16N2O4S/c1-16(8-10-3-4-20-9-10)14(17)11-5-12(15)7-13(6-11)21(2,18)19/h3-7,9H,8,15H2,1-2H3. The molecule has 0 aliphatic heterocycles. The van der Waals surface area contributed by atoms with Gasteiger partial charge in [-0.25, -0.2) is 8.42 Å². The molecule has 21 heavy (non-hydrogen) atoms. The lowest BCUT2D eigenvalue weighted by Crippen LogP contribution is -2.26. The van der Waals surface area contributed by atoms with Gasteiger partial charge in [0.2, 0.25) is 0 Å². The maximum atomic E-state index is 12.3. The minimum atomic E-state index is -3.42. The monoisotopic (exact) mass is 308 g/mol. The van der Waals surface area contributed by atoms with E-state index in [0.717, 1.165) is 11.8 Å². The fourth-order valence-corrected chi connectivity index (χ4v) is 2.60. The molecule has 1 aromatic heterocycles. The first kappa shape index (κ1) is 15.1. The molecule has 7 heteroatoms. The third-order valence-electron chi connectivity index (χ3n) is 2.95. The zero-order valence-corrected chi connectivity index (χ0v) is 12.6. The smallest absolute Gasteiger partial charge is 0.254 e. The first-order chi connectivity index (χ1) is 9.77. The Bertz CT molecular complexity index is 751. The number of rotatable bonds is 4. The van der Waals surface area contributed by atoms with Crippen LogP contribution < -0.4 is 5.73 Å². The van der Waals surface area contributed by atoms with E-state index in [1.807, 2.05) is 0 Å². The highest BCUT2D eigenvalue weighted by Gasteiger charge is 2.17. The van der Waals surface area contributed by atoms with Crippen molar-refractivity contribution in [3.63, 3.8) is 0 Å². The van der Waals surface area contributed by atoms with E-state index in [0.29, 0.717) is 6.54 Å². The molecule has 2 rings (SSSR count). The van der Waals surface area contributed by atoms with Gasteiger partial charge in [0.05, 0.1) is 17.4 Å². The van der Waals surface area contributed by atoms with E-state index in [9.17, 15) is 13.2 Å². The molecule has 2 N–H and O–H groups in total. The number of furan rings is 1. The summed E-state index contributed by atoms with van der Waals surface area (Å²) < 4.78 is 28.1. The van der Waals surface area contributed by atoms with Crippen molar-refractivity contribution in [3.05, 3.63) is 47.9 Å². The fourth-order valence-electron chi connectivity index (χ4n) is 1.91. The predicted molar refractivity (Wildman–Crippen MR) is 78.5 cm³/mol. The predicted octanol–water partition coefficient (Wildman–Crippen LogP) is 1.54. The Morgan fingerprint density at radius 1 is 1.33 bits per heavy atom. The molecule has 0 unspecified atom stereocenters. The summed E-state index contributed by atoms with van der Waals surface area (Å²) in [6.07, 6.45) is 4.15. The molecular formula is C14H16N2O4S. The van der Waals surface area contributed by atoms with Crippen molar-refractivity contribution in [1.29, 1.82) is 0 Å². The number of sulfone groups is 1. The van der Waals surface area contributed by atoms with Gasteiger partial charge in [-0.3, -0.25) is 4.79 Å². The number of amides is 1. The fraction of sp³-hybridized carbons (Fsp3) is 0.214. The Hall–Kier alpha value is -2.28. The number of benzene rings is 1. The highest BCUT2D eigenvalue weighted by molar-refractivity contribution is 7.90. The molecule has 0 aliphatic rings. The summed E-state index contributed by atoms with van der Waals surface area (Å²) in [6.45, 7) is 0.359. The molecular weight excluding hydrogens is 292 g/mol. The van der Waals surface area contributed by atoms with Gasteiger partial charge in [-0.15, -0.1) is 0 Å². The lowest BCUT2D eigenvalue weighted by molar-refractivity contribution is 0.0784. The first-order valence-corrected chi connectivity index (χ1v) is 8.03. The summed E-state index contributed by atoms with van der Waals surface area (Å²) in [5.41, 5.74) is 7.00. The molecule has 2 aromatic rings. The second-order valence-corrected chi connectivity index (χ2v) is 6.87. The van der Waals surface area contributed by atoms with Gasteiger partial charge in [-0.1, -0.05) is 0 Å². The van der Waals surface area contributed by atoms with Crippen molar-refractivity contribution < 1.29 is 17.6 Å². The summed E-state index contributed by atoms with van der Waals surface area (Å²) >= 11 is 0. The number of carbonyl (C=O) groups is 1. The van der Waals surface area contributed by atoms with Crippen LogP contribution in [0.3, 0.4) is 0 Å². The van der Waals surface area contributed by atoms with Gasteiger partial charge < -0.3 is 15.1 Å². The van der Waals surface area contributed by atoms with Crippen LogP contribution in [0.1, 0.15) is 15.9 Å². The summed E-state index contributed by atoms with van der Waals surface area (Å²) in [5.74, 6) is -0.312. The Morgan fingerprint density at radius 2 is 2.05 bits per heavy atom. The second kappa shape index (κ2) is 5.61. The van der Waals surface area contributed by atoms with Crippen LogP contribution in [0.5, 0.6) is 0 Å². The summed E-state index contributed by atoms with van der Waals surface area (Å²) in [7, 11) is -1.80. The molecule has 0 saturated carbocycles. The van der Waals surface area contributed by atoms with Crippen molar-refractivity contribution in [2.75, 3.05) is 19.0 Å². The number of hydrogen-bond acceptors (Lipinski definition) is 5. The Kier molecular flexibility index (Phi) is 4.04. The summed E-state index contributed by atoms with van der Waals surface area (Å²) in [4.78, 5) is 13.8. The van der Waals surface area contributed by atoms with Crippen LogP contribution in [-0.4, -0.2) is 32.5 Å². The number of nitrogens with two attached hydrogens (primary N) is 1. The molecule has 0 bridgehead atoms. The van der Waals surface area contributed by atoms with Crippen molar-refractivity contribution in [2.24, 2.45) is 0 Å². The number of nitrogens with zero attached hydrogens (tertiary/aromatic N) is 1. The van der Waals surface area contributed by atoms with Crippen molar-refractivity contribution >= 4 is 21.4 Å². The third kappa shape index (κ3) is 3.63. The van der Waals surface area contributed by atoms with Crippen LogP contribution in [0.25, 0.3) is 0 Å². The normalized spacial score (nSPS) is 11.3. The van der Waals surface area contributed by atoms with E-state index in [2.05, 4.69) is 0 Å².